The first kappa shape index (κ1) is 36.1. The molecule has 3 unspecified atom stereocenters. The molecule has 228 valence electrons. The second-order valence-electron chi connectivity index (χ2n) is 11.8. The number of aldehydes is 1. The third kappa shape index (κ3) is 14.1. The molecule has 3 atom stereocenters. The van der Waals surface area contributed by atoms with Crippen LogP contribution in [0.15, 0.2) is 42.0 Å². The number of hydrogen-bond acceptors (Lipinski definition) is 4. The van der Waals surface area contributed by atoms with Crippen LogP contribution in [0.3, 0.4) is 0 Å². The molecule has 4 heteroatoms. The van der Waals surface area contributed by atoms with E-state index in [9.17, 15) is 4.79 Å². The van der Waals surface area contributed by atoms with Gasteiger partial charge in [0.15, 0.2) is 0 Å². The van der Waals surface area contributed by atoms with E-state index >= 15 is 0 Å². The predicted octanol–water partition coefficient (Wildman–Crippen LogP) is 8.86. The van der Waals surface area contributed by atoms with Gasteiger partial charge in [0.1, 0.15) is 6.29 Å². The first-order chi connectivity index (χ1) is 19.3. The molecule has 1 fully saturated rings. The predicted molar refractivity (Wildman–Crippen MR) is 178 cm³/mol. The standard InChI is InChI=1S/C23H34N2O.C10H21N.C3H8/c1-5-18(2)15-22-10-9-21(17-26)16-23(22)25-12-7-6-8-19(3)14-20(4)24-11-13-25;1-3-7-10-8-5-6-9-11(10)4-2;1-3-2/h6,8-10,14,16-18,20,24H,5,7,11-13,15H2,1-4H3;10H,3-9H2,1-2H3;3H2,1-2H3/b8-6-,19-14-;;. The molecule has 0 spiro atoms. The lowest BCUT2D eigenvalue weighted by Crippen LogP contribution is -2.38. The van der Waals surface area contributed by atoms with Crippen molar-refractivity contribution in [2.75, 3.05) is 37.6 Å². The van der Waals surface area contributed by atoms with Crippen molar-refractivity contribution in [2.45, 2.75) is 125 Å². The Morgan fingerprint density at radius 1 is 1.07 bits per heavy atom. The average molecular weight is 554 g/mol. The molecule has 0 amide bonds. The van der Waals surface area contributed by atoms with Gasteiger partial charge in [-0.3, -0.25) is 4.79 Å². The van der Waals surface area contributed by atoms with Crippen LogP contribution in [0.2, 0.25) is 0 Å². The maximum Gasteiger partial charge on any atom is 0.150 e. The first-order valence-electron chi connectivity index (χ1n) is 16.5. The van der Waals surface area contributed by atoms with Crippen LogP contribution in [-0.4, -0.2) is 56.0 Å². The molecule has 0 saturated carbocycles. The Morgan fingerprint density at radius 2 is 1.82 bits per heavy atom. The fourth-order valence-corrected chi connectivity index (χ4v) is 5.57. The number of piperidine rings is 1. The molecule has 1 aromatic carbocycles. The van der Waals surface area contributed by atoms with E-state index in [1.54, 1.807) is 0 Å². The summed E-state index contributed by atoms with van der Waals surface area (Å²) in [5, 5.41) is 3.59. The van der Waals surface area contributed by atoms with Crippen molar-refractivity contribution in [3.8, 4) is 0 Å². The SMILES string of the molecule is CCC.CCC(C)Cc1ccc(C=O)cc1N1CC/C=C\C(C)=C/C(C)NCC1.CCCC1CCCCN1CC. The number of carbonyl (C=O) groups is 1. The number of carbonyl (C=O) groups excluding carboxylic acids is 1. The van der Waals surface area contributed by atoms with Crippen molar-refractivity contribution in [1.29, 1.82) is 0 Å². The molecule has 0 radical (unpaired) electrons. The summed E-state index contributed by atoms with van der Waals surface area (Å²) in [6, 6.07) is 7.45. The van der Waals surface area contributed by atoms with E-state index in [1.807, 2.05) is 6.07 Å². The highest BCUT2D eigenvalue weighted by Gasteiger charge is 2.19. The monoisotopic (exact) mass is 553 g/mol. The summed E-state index contributed by atoms with van der Waals surface area (Å²) in [7, 11) is 0. The zero-order valence-electron chi connectivity index (χ0n) is 27.5. The zero-order chi connectivity index (χ0) is 29.8. The fraction of sp³-hybridized carbons (Fsp3) is 0.694. The van der Waals surface area contributed by atoms with Crippen LogP contribution in [0.4, 0.5) is 5.69 Å². The highest BCUT2D eigenvalue weighted by molar-refractivity contribution is 5.78. The molecule has 0 aromatic heterocycles. The minimum Gasteiger partial charge on any atom is -0.370 e. The van der Waals surface area contributed by atoms with E-state index in [1.165, 1.54) is 74.9 Å². The van der Waals surface area contributed by atoms with Gasteiger partial charge in [0.25, 0.3) is 0 Å². The van der Waals surface area contributed by atoms with Gasteiger partial charge >= 0.3 is 0 Å². The summed E-state index contributed by atoms with van der Waals surface area (Å²) < 4.78 is 0. The minimum absolute atomic E-state index is 0.362. The van der Waals surface area contributed by atoms with Crippen molar-refractivity contribution in [2.24, 2.45) is 5.92 Å². The molecular formula is C36H63N3O. The van der Waals surface area contributed by atoms with Crippen LogP contribution in [-0.2, 0) is 6.42 Å². The van der Waals surface area contributed by atoms with E-state index in [4.69, 9.17) is 0 Å². The van der Waals surface area contributed by atoms with Gasteiger partial charge in [-0.2, -0.15) is 0 Å². The van der Waals surface area contributed by atoms with Gasteiger partial charge in [-0.1, -0.05) is 103 Å². The average Bonchev–Trinajstić information content (AvgIpc) is 2.99. The maximum absolute atomic E-state index is 11.3. The van der Waals surface area contributed by atoms with Gasteiger partial charge in [-0.15, -0.1) is 0 Å². The molecule has 2 aliphatic heterocycles. The third-order valence-corrected chi connectivity index (χ3v) is 7.94. The molecular weight excluding hydrogens is 490 g/mol. The van der Waals surface area contributed by atoms with Crippen molar-refractivity contribution in [3.05, 3.63) is 53.1 Å². The quantitative estimate of drug-likeness (QED) is 0.326. The summed E-state index contributed by atoms with van der Waals surface area (Å²) >= 11 is 0. The van der Waals surface area contributed by atoms with E-state index < -0.39 is 0 Å². The van der Waals surface area contributed by atoms with E-state index in [0.717, 1.165) is 50.4 Å². The third-order valence-electron chi connectivity index (χ3n) is 7.94. The number of allylic oxidation sites excluding steroid dienone is 2. The van der Waals surface area contributed by atoms with Gasteiger partial charge in [0.2, 0.25) is 0 Å². The molecule has 3 rings (SSSR count). The van der Waals surface area contributed by atoms with Crippen LogP contribution in [0, 0.1) is 5.92 Å². The second kappa shape index (κ2) is 21.8. The Hall–Kier alpha value is -1.91. The summed E-state index contributed by atoms with van der Waals surface area (Å²) in [5.74, 6) is 0.643. The lowest BCUT2D eigenvalue weighted by molar-refractivity contribution is 0.112. The summed E-state index contributed by atoms with van der Waals surface area (Å²) in [6.07, 6.45) is 19.3. The number of hydrogen-bond donors (Lipinski definition) is 1. The molecule has 4 nitrogen and oxygen atoms in total. The lowest BCUT2D eigenvalue weighted by Gasteiger charge is -2.34. The highest BCUT2D eigenvalue weighted by atomic mass is 16.1. The van der Waals surface area contributed by atoms with E-state index in [0.29, 0.717) is 12.0 Å². The molecule has 1 N–H and O–H groups in total. The topological polar surface area (TPSA) is 35.6 Å². The van der Waals surface area contributed by atoms with Crippen LogP contribution < -0.4 is 10.2 Å². The highest BCUT2D eigenvalue weighted by Crippen LogP contribution is 2.26. The molecule has 1 saturated heterocycles. The van der Waals surface area contributed by atoms with Crippen LogP contribution in [0.1, 0.15) is 123 Å². The largest absolute Gasteiger partial charge is 0.370 e. The Kier molecular flexibility index (Phi) is 19.7. The van der Waals surface area contributed by atoms with Crippen LogP contribution in [0.25, 0.3) is 0 Å². The number of benzene rings is 1. The maximum atomic E-state index is 11.3. The molecule has 0 aliphatic carbocycles. The number of rotatable bonds is 8. The molecule has 0 bridgehead atoms. The minimum atomic E-state index is 0.362. The number of anilines is 1. The Labute approximate surface area is 248 Å². The molecule has 2 heterocycles. The van der Waals surface area contributed by atoms with Crippen molar-refractivity contribution < 1.29 is 4.79 Å². The van der Waals surface area contributed by atoms with Gasteiger partial charge < -0.3 is 15.1 Å². The molecule has 2 aliphatic rings. The van der Waals surface area contributed by atoms with Crippen molar-refractivity contribution in [3.63, 3.8) is 0 Å². The lowest BCUT2D eigenvalue weighted by atomic mass is 9.96. The summed E-state index contributed by atoms with van der Waals surface area (Å²) in [4.78, 5) is 16.4. The van der Waals surface area contributed by atoms with Gasteiger partial charge in [0, 0.05) is 43.0 Å². The van der Waals surface area contributed by atoms with Gasteiger partial charge in [-0.05, 0) is 76.6 Å². The molecule has 40 heavy (non-hydrogen) atoms. The summed E-state index contributed by atoms with van der Waals surface area (Å²) in [6.45, 7) is 23.2. The van der Waals surface area contributed by atoms with Crippen LogP contribution >= 0.6 is 0 Å². The van der Waals surface area contributed by atoms with Gasteiger partial charge in [0.05, 0.1) is 0 Å². The Bertz CT molecular complexity index is 860. The van der Waals surface area contributed by atoms with E-state index in [2.05, 4.69) is 101 Å². The van der Waals surface area contributed by atoms with Crippen molar-refractivity contribution in [1.82, 2.24) is 10.2 Å². The van der Waals surface area contributed by atoms with Crippen molar-refractivity contribution >= 4 is 12.0 Å². The second-order valence-corrected chi connectivity index (χ2v) is 11.8. The Balaban J connectivity index is 0.000000472. The summed E-state index contributed by atoms with van der Waals surface area (Å²) in [5.41, 5.74) is 4.64. The van der Waals surface area contributed by atoms with Crippen LogP contribution in [0.5, 0.6) is 0 Å². The number of nitrogens with one attached hydrogen (secondary N) is 1. The number of nitrogens with zero attached hydrogens (tertiary/aromatic N) is 2. The smallest absolute Gasteiger partial charge is 0.150 e. The molecule has 1 aromatic rings. The fourth-order valence-electron chi connectivity index (χ4n) is 5.57. The zero-order valence-corrected chi connectivity index (χ0v) is 27.5. The van der Waals surface area contributed by atoms with E-state index in [-0.39, 0.29) is 0 Å². The normalized spacial score (nSPS) is 23.2. The Morgan fingerprint density at radius 3 is 2.48 bits per heavy atom. The van der Waals surface area contributed by atoms with Gasteiger partial charge in [-0.25, -0.2) is 0 Å². The number of likely N-dealkylation sites (tertiary alicyclic amines) is 1. The first-order valence-corrected chi connectivity index (χ1v) is 16.5.